The number of hydrogen-bond acceptors (Lipinski definition) is 2. The topological polar surface area (TPSA) is 49.4 Å². The van der Waals surface area contributed by atoms with Crippen LogP contribution in [0.2, 0.25) is 0 Å². The molecular weight excluding hydrogens is 295 g/mol. The molecule has 1 aliphatic rings. The lowest BCUT2D eigenvalue weighted by Gasteiger charge is -2.31. The molecule has 1 fully saturated rings. The average Bonchev–Trinajstić information content (AvgIpc) is 2.59. The quantitative estimate of drug-likeness (QED) is 0.875. The summed E-state index contributed by atoms with van der Waals surface area (Å²) in [6, 6.07) is 6.56. The Kier molecular flexibility index (Phi) is 6.56. The van der Waals surface area contributed by atoms with E-state index < -0.39 is 0 Å². The summed E-state index contributed by atoms with van der Waals surface area (Å²) in [4.78, 5) is 26.0. The van der Waals surface area contributed by atoms with Gasteiger partial charge in [-0.1, -0.05) is 25.1 Å². The van der Waals surface area contributed by atoms with E-state index in [9.17, 15) is 14.0 Å². The number of nitrogens with zero attached hydrogens (tertiary/aromatic N) is 1. The summed E-state index contributed by atoms with van der Waals surface area (Å²) >= 11 is 0. The van der Waals surface area contributed by atoms with Crippen LogP contribution in [0.25, 0.3) is 0 Å². The number of carbonyl (C=O) groups excluding carboxylic acids is 2. The van der Waals surface area contributed by atoms with Gasteiger partial charge in [-0.05, 0) is 37.3 Å². The van der Waals surface area contributed by atoms with Crippen molar-refractivity contribution in [3.8, 4) is 0 Å². The molecule has 0 radical (unpaired) electrons. The number of likely N-dealkylation sites (tertiary alicyclic amines) is 1. The second-order valence-electron chi connectivity index (χ2n) is 6.04. The van der Waals surface area contributed by atoms with Gasteiger partial charge in [-0.25, -0.2) is 4.39 Å². The van der Waals surface area contributed by atoms with E-state index in [0.717, 1.165) is 6.42 Å². The highest BCUT2D eigenvalue weighted by Gasteiger charge is 2.26. The Morgan fingerprint density at radius 1 is 1.26 bits per heavy atom. The van der Waals surface area contributed by atoms with E-state index in [4.69, 9.17) is 0 Å². The zero-order chi connectivity index (χ0) is 16.7. The molecule has 1 aromatic carbocycles. The molecule has 0 bridgehead atoms. The Hall–Kier alpha value is -1.91. The van der Waals surface area contributed by atoms with Crippen LogP contribution in [-0.4, -0.2) is 36.3 Å². The van der Waals surface area contributed by atoms with Crippen LogP contribution in [-0.2, 0) is 16.0 Å². The van der Waals surface area contributed by atoms with Gasteiger partial charge in [0.1, 0.15) is 5.82 Å². The van der Waals surface area contributed by atoms with E-state index in [0.29, 0.717) is 50.9 Å². The second-order valence-corrected chi connectivity index (χ2v) is 6.04. The maximum absolute atomic E-state index is 13.6. The molecule has 0 atom stereocenters. The van der Waals surface area contributed by atoms with Crippen molar-refractivity contribution in [2.75, 3.05) is 19.6 Å². The van der Waals surface area contributed by atoms with Crippen molar-refractivity contribution in [3.63, 3.8) is 0 Å². The smallest absolute Gasteiger partial charge is 0.223 e. The second kappa shape index (κ2) is 8.65. The minimum Gasteiger partial charge on any atom is -0.356 e. The van der Waals surface area contributed by atoms with E-state index in [2.05, 4.69) is 5.32 Å². The fourth-order valence-corrected chi connectivity index (χ4v) is 2.88. The third kappa shape index (κ3) is 5.05. The number of hydrogen-bond donors (Lipinski definition) is 1. The SMILES string of the molecule is CCCNC(=O)C1CCN(C(=O)CCc2ccccc2F)CC1. The Balaban J connectivity index is 1.75. The number of nitrogens with one attached hydrogen (secondary N) is 1. The van der Waals surface area contributed by atoms with Crippen LogP contribution < -0.4 is 5.32 Å². The third-order valence-electron chi connectivity index (χ3n) is 4.33. The molecule has 2 rings (SSSR count). The molecular formula is C18H25FN2O2. The Labute approximate surface area is 137 Å². The van der Waals surface area contributed by atoms with Crippen molar-refractivity contribution in [2.24, 2.45) is 5.92 Å². The predicted molar refractivity (Wildman–Crippen MR) is 87.3 cm³/mol. The Morgan fingerprint density at radius 2 is 1.96 bits per heavy atom. The van der Waals surface area contributed by atoms with Crippen molar-refractivity contribution in [1.82, 2.24) is 10.2 Å². The molecule has 23 heavy (non-hydrogen) atoms. The number of benzene rings is 1. The van der Waals surface area contributed by atoms with Crippen LogP contribution in [0.3, 0.4) is 0 Å². The number of amides is 2. The van der Waals surface area contributed by atoms with Crippen molar-refractivity contribution < 1.29 is 14.0 Å². The largest absolute Gasteiger partial charge is 0.356 e. The monoisotopic (exact) mass is 320 g/mol. The summed E-state index contributed by atoms with van der Waals surface area (Å²) < 4.78 is 13.6. The Morgan fingerprint density at radius 3 is 2.61 bits per heavy atom. The van der Waals surface area contributed by atoms with Gasteiger partial charge in [-0.2, -0.15) is 0 Å². The van der Waals surface area contributed by atoms with E-state index in [-0.39, 0.29) is 23.5 Å². The summed E-state index contributed by atoms with van der Waals surface area (Å²) in [5.41, 5.74) is 0.578. The summed E-state index contributed by atoms with van der Waals surface area (Å²) in [5.74, 6) is -0.102. The van der Waals surface area contributed by atoms with Gasteiger partial charge >= 0.3 is 0 Å². The molecule has 1 aliphatic heterocycles. The van der Waals surface area contributed by atoms with E-state index in [1.807, 2.05) is 6.92 Å². The first-order chi connectivity index (χ1) is 11.1. The highest BCUT2D eigenvalue weighted by molar-refractivity contribution is 5.80. The van der Waals surface area contributed by atoms with Gasteiger partial charge < -0.3 is 10.2 Å². The number of piperidine rings is 1. The van der Waals surface area contributed by atoms with Crippen LogP contribution in [0.5, 0.6) is 0 Å². The van der Waals surface area contributed by atoms with E-state index in [1.165, 1.54) is 6.07 Å². The molecule has 0 saturated carbocycles. The zero-order valence-electron chi connectivity index (χ0n) is 13.7. The van der Waals surface area contributed by atoms with Gasteiger partial charge in [-0.3, -0.25) is 9.59 Å². The van der Waals surface area contributed by atoms with Crippen molar-refractivity contribution in [2.45, 2.75) is 39.0 Å². The highest BCUT2D eigenvalue weighted by Crippen LogP contribution is 2.19. The van der Waals surface area contributed by atoms with E-state index in [1.54, 1.807) is 23.1 Å². The number of rotatable bonds is 6. The number of halogens is 1. The van der Waals surface area contributed by atoms with Crippen molar-refractivity contribution >= 4 is 11.8 Å². The molecule has 1 N–H and O–H groups in total. The molecule has 1 saturated heterocycles. The lowest BCUT2D eigenvalue weighted by molar-refractivity contribution is -0.135. The predicted octanol–water partition coefficient (Wildman–Crippen LogP) is 2.52. The molecule has 0 aromatic heterocycles. The maximum atomic E-state index is 13.6. The van der Waals surface area contributed by atoms with Crippen LogP contribution >= 0.6 is 0 Å². The van der Waals surface area contributed by atoms with Crippen molar-refractivity contribution in [3.05, 3.63) is 35.6 Å². The lowest BCUT2D eigenvalue weighted by Crippen LogP contribution is -2.43. The summed E-state index contributed by atoms with van der Waals surface area (Å²) in [7, 11) is 0. The fourth-order valence-electron chi connectivity index (χ4n) is 2.88. The average molecular weight is 320 g/mol. The number of aryl methyl sites for hydroxylation is 1. The Bertz CT molecular complexity index is 540. The molecule has 0 aliphatic carbocycles. The van der Waals surface area contributed by atoms with Crippen LogP contribution in [0, 0.1) is 11.7 Å². The van der Waals surface area contributed by atoms with Crippen LogP contribution in [0.1, 0.15) is 38.2 Å². The zero-order valence-corrected chi connectivity index (χ0v) is 13.7. The lowest BCUT2D eigenvalue weighted by atomic mass is 9.95. The molecule has 4 nitrogen and oxygen atoms in total. The van der Waals surface area contributed by atoms with Gasteiger partial charge in [0, 0.05) is 32.0 Å². The molecule has 1 heterocycles. The molecule has 0 spiro atoms. The fraction of sp³-hybridized carbons (Fsp3) is 0.556. The van der Waals surface area contributed by atoms with Gasteiger partial charge in [0.25, 0.3) is 0 Å². The minimum absolute atomic E-state index is 0.0113. The highest BCUT2D eigenvalue weighted by atomic mass is 19.1. The van der Waals surface area contributed by atoms with E-state index >= 15 is 0 Å². The summed E-state index contributed by atoms with van der Waals surface area (Å²) in [5, 5.41) is 2.91. The maximum Gasteiger partial charge on any atom is 0.223 e. The van der Waals surface area contributed by atoms with Crippen molar-refractivity contribution in [1.29, 1.82) is 0 Å². The first-order valence-electron chi connectivity index (χ1n) is 8.40. The van der Waals surface area contributed by atoms with Gasteiger partial charge in [-0.15, -0.1) is 0 Å². The normalized spacial score (nSPS) is 15.5. The number of carbonyl (C=O) groups is 2. The summed E-state index contributed by atoms with van der Waals surface area (Å²) in [6.45, 7) is 3.96. The molecule has 5 heteroatoms. The van der Waals surface area contributed by atoms with Gasteiger partial charge in [0.05, 0.1) is 0 Å². The first kappa shape index (κ1) is 17.4. The van der Waals surface area contributed by atoms with Crippen LogP contribution in [0.15, 0.2) is 24.3 Å². The van der Waals surface area contributed by atoms with Gasteiger partial charge in [0.2, 0.25) is 11.8 Å². The van der Waals surface area contributed by atoms with Crippen LogP contribution in [0.4, 0.5) is 4.39 Å². The summed E-state index contributed by atoms with van der Waals surface area (Å²) in [6.07, 6.45) is 3.08. The molecule has 126 valence electrons. The molecule has 1 aromatic rings. The minimum atomic E-state index is -0.258. The standard InChI is InChI=1S/C18H25FN2O2/c1-2-11-20-18(23)15-9-12-21(13-10-15)17(22)8-7-14-5-3-4-6-16(14)19/h3-6,15H,2,7-13H2,1H3,(H,20,23). The molecule has 0 unspecified atom stereocenters. The third-order valence-corrected chi connectivity index (χ3v) is 4.33. The first-order valence-corrected chi connectivity index (χ1v) is 8.40. The molecule has 2 amide bonds. The van der Waals surface area contributed by atoms with Gasteiger partial charge in [0.15, 0.2) is 0 Å².